The van der Waals surface area contributed by atoms with Crippen LogP contribution in [0, 0.1) is 5.92 Å². The summed E-state index contributed by atoms with van der Waals surface area (Å²) in [5.41, 5.74) is 5.37. The Bertz CT molecular complexity index is 48.5. The van der Waals surface area contributed by atoms with Crippen molar-refractivity contribution in [2.24, 2.45) is 11.7 Å². The van der Waals surface area contributed by atoms with Crippen molar-refractivity contribution in [1.82, 2.24) is 0 Å². The summed E-state index contributed by atoms with van der Waals surface area (Å²) >= 11 is 0. The SMILES string of the molecule is COC(C)[C@@H](C)CN. The van der Waals surface area contributed by atoms with Crippen LogP contribution >= 0.6 is 0 Å². The molecule has 0 rings (SSSR count). The molecule has 0 fully saturated rings. The summed E-state index contributed by atoms with van der Waals surface area (Å²) in [5, 5.41) is 0. The van der Waals surface area contributed by atoms with Gasteiger partial charge in [-0.05, 0) is 19.4 Å². The fourth-order valence-electron chi connectivity index (χ4n) is 0.424. The molecule has 2 atom stereocenters. The summed E-state index contributed by atoms with van der Waals surface area (Å²) in [6.45, 7) is 4.81. The van der Waals surface area contributed by atoms with Crippen molar-refractivity contribution in [3.8, 4) is 0 Å². The van der Waals surface area contributed by atoms with Gasteiger partial charge in [-0.3, -0.25) is 0 Å². The molecule has 0 saturated heterocycles. The first-order chi connectivity index (χ1) is 3.72. The molecular weight excluding hydrogens is 102 g/mol. The third-order valence-electron chi connectivity index (χ3n) is 1.54. The van der Waals surface area contributed by atoms with Crippen molar-refractivity contribution in [3.05, 3.63) is 0 Å². The van der Waals surface area contributed by atoms with Crippen LogP contribution in [0.1, 0.15) is 13.8 Å². The molecule has 50 valence electrons. The first-order valence-corrected chi connectivity index (χ1v) is 2.95. The summed E-state index contributed by atoms with van der Waals surface area (Å²) in [4.78, 5) is 0. The van der Waals surface area contributed by atoms with E-state index in [9.17, 15) is 0 Å². The minimum absolute atomic E-state index is 0.292. The Morgan fingerprint density at radius 2 is 2.00 bits per heavy atom. The Hall–Kier alpha value is -0.0800. The van der Waals surface area contributed by atoms with Crippen LogP contribution in [-0.2, 0) is 4.74 Å². The van der Waals surface area contributed by atoms with Crippen molar-refractivity contribution in [1.29, 1.82) is 0 Å². The van der Waals surface area contributed by atoms with Crippen LogP contribution in [0.25, 0.3) is 0 Å². The van der Waals surface area contributed by atoms with Crippen molar-refractivity contribution < 1.29 is 4.74 Å². The van der Waals surface area contributed by atoms with Gasteiger partial charge in [0, 0.05) is 7.11 Å². The Morgan fingerprint density at radius 3 is 2.12 bits per heavy atom. The highest BCUT2D eigenvalue weighted by Crippen LogP contribution is 2.01. The number of ether oxygens (including phenoxy) is 1. The number of rotatable bonds is 3. The van der Waals surface area contributed by atoms with Gasteiger partial charge in [0.05, 0.1) is 6.10 Å². The molecule has 0 amide bonds. The highest BCUT2D eigenvalue weighted by Gasteiger charge is 2.06. The van der Waals surface area contributed by atoms with E-state index in [1.54, 1.807) is 7.11 Å². The van der Waals surface area contributed by atoms with Gasteiger partial charge < -0.3 is 10.5 Å². The van der Waals surface area contributed by atoms with E-state index in [0.717, 1.165) is 0 Å². The lowest BCUT2D eigenvalue weighted by Crippen LogP contribution is -2.23. The second kappa shape index (κ2) is 3.87. The zero-order chi connectivity index (χ0) is 6.57. The van der Waals surface area contributed by atoms with Crippen molar-refractivity contribution in [2.75, 3.05) is 13.7 Å². The average Bonchev–Trinajstić information content (AvgIpc) is 1.84. The molecule has 0 saturated carbocycles. The fraction of sp³-hybridized carbons (Fsp3) is 1.00. The van der Waals surface area contributed by atoms with E-state index in [0.29, 0.717) is 18.6 Å². The first kappa shape index (κ1) is 7.92. The second-order valence-corrected chi connectivity index (χ2v) is 2.15. The Balaban J connectivity index is 3.29. The second-order valence-electron chi connectivity index (χ2n) is 2.15. The van der Waals surface area contributed by atoms with Gasteiger partial charge in [-0.2, -0.15) is 0 Å². The number of methoxy groups -OCH3 is 1. The largest absolute Gasteiger partial charge is 0.381 e. The molecule has 0 aliphatic heterocycles. The summed E-state index contributed by atoms with van der Waals surface area (Å²) in [7, 11) is 1.71. The zero-order valence-corrected chi connectivity index (χ0v) is 5.85. The van der Waals surface area contributed by atoms with E-state index in [2.05, 4.69) is 6.92 Å². The predicted octanol–water partition coefficient (Wildman–Crippen LogP) is 0.616. The Labute approximate surface area is 51.0 Å². The molecule has 2 heteroatoms. The smallest absolute Gasteiger partial charge is 0.0580 e. The molecule has 0 aromatic heterocycles. The van der Waals surface area contributed by atoms with E-state index in [1.807, 2.05) is 6.92 Å². The predicted molar refractivity (Wildman–Crippen MR) is 34.7 cm³/mol. The van der Waals surface area contributed by atoms with Crippen LogP contribution in [-0.4, -0.2) is 19.8 Å². The molecule has 0 aliphatic rings. The van der Waals surface area contributed by atoms with Crippen LogP contribution in [0.4, 0.5) is 0 Å². The fourth-order valence-corrected chi connectivity index (χ4v) is 0.424. The highest BCUT2D eigenvalue weighted by molar-refractivity contribution is 4.59. The van der Waals surface area contributed by atoms with Crippen LogP contribution in [0.3, 0.4) is 0 Å². The van der Waals surface area contributed by atoms with E-state index in [1.165, 1.54) is 0 Å². The molecule has 0 aromatic rings. The monoisotopic (exact) mass is 117 g/mol. The molecule has 0 radical (unpaired) electrons. The minimum Gasteiger partial charge on any atom is -0.381 e. The van der Waals surface area contributed by atoms with Gasteiger partial charge >= 0.3 is 0 Å². The lowest BCUT2D eigenvalue weighted by molar-refractivity contribution is 0.0768. The third-order valence-corrected chi connectivity index (χ3v) is 1.54. The van der Waals surface area contributed by atoms with E-state index < -0.39 is 0 Å². The minimum atomic E-state index is 0.292. The standard InChI is InChI=1S/C6H15NO/c1-5(4-7)6(2)8-3/h5-6H,4,7H2,1-3H3/t5-,6?/m0/s1. The highest BCUT2D eigenvalue weighted by atomic mass is 16.5. The van der Waals surface area contributed by atoms with E-state index in [4.69, 9.17) is 10.5 Å². The average molecular weight is 117 g/mol. The van der Waals surface area contributed by atoms with Crippen molar-refractivity contribution >= 4 is 0 Å². The number of nitrogens with two attached hydrogens (primary N) is 1. The normalized spacial score (nSPS) is 18.0. The van der Waals surface area contributed by atoms with Gasteiger partial charge in [-0.1, -0.05) is 6.92 Å². The van der Waals surface area contributed by atoms with Gasteiger partial charge in [-0.15, -0.1) is 0 Å². The molecule has 0 heterocycles. The maximum absolute atomic E-state index is 5.37. The molecular formula is C6H15NO. The quantitative estimate of drug-likeness (QED) is 0.588. The number of hydrogen-bond donors (Lipinski definition) is 1. The molecule has 8 heavy (non-hydrogen) atoms. The topological polar surface area (TPSA) is 35.2 Å². The zero-order valence-electron chi connectivity index (χ0n) is 5.85. The van der Waals surface area contributed by atoms with Gasteiger partial charge in [0.25, 0.3) is 0 Å². The van der Waals surface area contributed by atoms with Gasteiger partial charge in [0.2, 0.25) is 0 Å². The molecule has 0 aromatic carbocycles. The Kier molecular flexibility index (Phi) is 3.83. The van der Waals surface area contributed by atoms with Crippen molar-refractivity contribution in [2.45, 2.75) is 20.0 Å². The number of hydrogen-bond acceptors (Lipinski definition) is 2. The Morgan fingerprint density at radius 1 is 1.50 bits per heavy atom. The molecule has 0 aliphatic carbocycles. The van der Waals surface area contributed by atoms with E-state index in [-0.39, 0.29) is 0 Å². The molecule has 2 N–H and O–H groups in total. The lowest BCUT2D eigenvalue weighted by Gasteiger charge is -2.15. The third kappa shape index (κ3) is 2.28. The maximum atomic E-state index is 5.37. The molecule has 0 bridgehead atoms. The van der Waals surface area contributed by atoms with Gasteiger partial charge in [-0.25, -0.2) is 0 Å². The van der Waals surface area contributed by atoms with Crippen LogP contribution < -0.4 is 5.73 Å². The van der Waals surface area contributed by atoms with Gasteiger partial charge in [0.1, 0.15) is 0 Å². The van der Waals surface area contributed by atoms with Gasteiger partial charge in [0.15, 0.2) is 0 Å². The maximum Gasteiger partial charge on any atom is 0.0580 e. The molecule has 0 spiro atoms. The molecule has 1 unspecified atom stereocenters. The van der Waals surface area contributed by atoms with Crippen LogP contribution in [0.15, 0.2) is 0 Å². The first-order valence-electron chi connectivity index (χ1n) is 2.95. The summed E-state index contributed by atoms with van der Waals surface area (Å²) in [6.07, 6.45) is 0.292. The summed E-state index contributed by atoms with van der Waals surface area (Å²) in [6, 6.07) is 0. The lowest BCUT2D eigenvalue weighted by atomic mass is 10.1. The van der Waals surface area contributed by atoms with E-state index >= 15 is 0 Å². The summed E-state index contributed by atoms with van der Waals surface area (Å²) in [5.74, 6) is 0.472. The van der Waals surface area contributed by atoms with Crippen LogP contribution in [0.5, 0.6) is 0 Å². The van der Waals surface area contributed by atoms with Crippen molar-refractivity contribution in [3.63, 3.8) is 0 Å². The summed E-state index contributed by atoms with van der Waals surface area (Å²) < 4.78 is 5.02. The molecule has 2 nitrogen and oxygen atoms in total. The van der Waals surface area contributed by atoms with Crippen LogP contribution in [0.2, 0.25) is 0 Å².